The van der Waals surface area contributed by atoms with Crippen LogP contribution in [0.5, 0.6) is 0 Å². The Morgan fingerprint density at radius 1 is 1.08 bits per heavy atom. The molecule has 0 bridgehead atoms. The van der Waals surface area contributed by atoms with Crippen LogP contribution < -0.4 is 5.32 Å². The fraction of sp³-hybridized carbons (Fsp3) is 0.316. The van der Waals surface area contributed by atoms with Gasteiger partial charge in [0, 0.05) is 17.2 Å². The summed E-state index contributed by atoms with van der Waals surface area (Å²) < 4.78 is 5.53. The van der Waals surface area contributed by atoms with Crippen LogP contribution in [0.3, 0.4) is 0 Å². The number of hydrogen-bond acceptors (Lipinski definition) is 4. The van der Waals surface area contributed by atoms with Crippen molar-refractivity contribution >= 4 is 17.5 Å². The first kappa shape index (κ1) is 14.9. The minimum atomic E-state index is -0.344. The van der Waals surface area contributed by atoms with Crippen LogP contribution in [-0.4, -0.2) is 23.5 Å². The summed E-state index contributed by atoms with van der Waals surface area (Å²) in [5, 5.41) is 2.97. The molecule has 24 heavy (non-hydrogen) atoms. The molecule has 5 nitrogen and oxygen atoms in total. The van der Waals surface area contributed by atoms with Gasteiger partial charge in [-0.3, -0.25) is 14.4 Å². The number of ketones is 2. The first-order valence-electron chi connectivity index (χ1n) is 8.20. The molecule has 1 fully saturated rings. The number of carbonyl (C=O) groups excluding carboxylic acids is 3. The third-order valence-electron chi connectivity index (χ3n) is 4.85. The van der Waals surface area contributed by atoms with Gasteiger partial charge in [-0.2, -0.15) is 0 Å². The molecule has 5 heteroatoms. The number of benzene rings is 1. The highest BCUT2D eigenvalue weighted by atomic mass is 16.4. The number of fused-ring (bicyclic) bond motifs is 2. The Labute approximate surface area is 139 Å². The molecule has 0 radical (unpaired) electrons. The summed E-state index contributed by atoms with van der Waals surface area (Å²) in [6.45, 7) is 1.62. The average Bonchev–Trinajstić information content (AvgIpc) is 3.20. The lowest BCUT2D eigenvalue weighted by molar-refractivity contribution is 0.0925. The highest BCUT2D eigenvalue weighted by molar-refractivity contribution is 6.30. The van der Waals surface area contributed by atoms with E-state index in [1.807, 2.05) is 0 Å². The zero-order chi connectivity index (χ0) is 16.8. The minimum absolute atomic E-state index is 0.0206. The smallest absolute Gasteiger partial charge is 0.255 e. The molecular formula is C19H17NO4. The number of amides is 1. The summed E-state index contributed by atoms with van der Waals surface area (Å²) in [7, 11) is 0. The third-order valence-corrected chi connectivity index (χ3v) is 4.85. The second-order valence-electron chi connectivity index (χ2n) is 6.40. The summed E-state index contributed by atoms with van der Waals surface area (Å²) in [6, 6.07) is 6.76. The van der Waals surface area contributed by atoms with Crippen LogP contribution in [0.1, 0.15) is 73.8 Å². The van der Waals surface area contributed by atoms with Crippen molar-refractivity contribution in [3.8, 4) is 0 Å². The maximum Gasteiger partial charge on any atom is 0.255 e. The second-order valence-corrected chi connectivity index (χ2v) is 6.40. The molecular weight excluding hydrogens is 306 g/mol. The summed E-state index contributed by atoms with van der Waals surface area (Å²) >= 11 is 0. The lowest BCUT2D eigenvalue weighted by Crippen LogP contribution is -2.34. The van der Waals surface area contributed by atoms with Gasteiger partial charge in [0.25, 0.3) is 5.91 Å². The first-order valence-corrected chi connectivity index (χ1v) is 8.20. The molecule has 2 aromatic rings. The molecule has 1 saturated carbocycles. The van der Waals surface area contributed by atoms with Crippen molar-refractivity contribution in [1.82, 2.24) is 5.32 Å². The standard InChI is InChI=1S/C19H17NO4/c1-10-14(19(23)20-11-6-2-3-7-11)15-16(21)12-8-4-5-9-13(12)17(22)18(15)24-10/h4-5,8-9,11H,2-3,6-7H2,1H3,(H,20,23). The number of nitrogens with one attached hydrogen (secondary N) is 1. The molecule has 0 unspecified atom stereocenters. The van der Waals surface area contributed by atoms with Crippen molar-refractivity contribution in [2.45, 2.75) is 38.6 Å². The Morgan fingerprint density at radius 2 is 1.71 bits per heavy atom. The first-order chi connectivity index (χ1) is 11.6. The van der Waals surface area contributed by atoms with E-state index >= 15 is 0 Å². The maximum atomic E-state index is 12.8. The Kier molecular flexibility index (Phi) is 3.37. The van der Waals surface area contributed by atoms with Gasteiger partial charge in [-0.15, -0.1) is 0 Å². The largest absolute Gasteiger partial charge is 0.456 e. The lowest BCUT2D eigenvalue weighted by Gasteiger charge is -2.15. The van der Waals surface area contributed by atoms with Crippen molar-refractivity contribution in [2.24, 2.45) is 0 Å². The predicted molar refractivity (Wildman–Crippen MR) is 86.5 cm³/mol. The van der Waals surface area contributed by atoms with Crippen molar-refractivity contribution in [2.75, 3.05) is 0 Å². The van der Waals surface area contributed by atoms with E-state index in [0.717, 1.165) is 25.7 Å². The van der Waals surface area contributed by atoms with Crippen LogP contribution in [0.25, 0.3) is 0 Å². The van der Waals surface area contributed by atoms with Crippen molar-refractivity contribution in [3.05, 3.63) is 58.0 Å². The van der Waals surface area contributed by atoms with Gasteiger partial charge in [-0.25, -0.2) is 0 Å². The van der Waals surface area contributed by atoms with Gasteiger partial charge in [0.2, 0.25) is 5.78 Å². The van der Waals surface area contributed by atoms with E-state index in [4.69, 9.17) is 4.42 Å². The van der Waals surface area contributed by atoms with Crippen LogP contribution >= 0.6 is 0 Å². The molecule has 2 aliphatic rings. The van der Waals surface area contributed by atoms with Crippen molar-refractivity contribution < 1.29 is 18.8 Å². The molecule has 1 aromatic heterocycles. The summed E-state index contributed by atoms with van der Waals surface area (Å²) in [5.41, 5.74) is 0.952. The van der Waals surface area contributed by atoms with E-state index in [-0.39, 0.29) is 40.4 Å². The molecule has 4 rings (SSSR count). The van der Waals surface area contributed by atoms with E-state index in [0.29, 0.717) is 16.9 Å². The maximum absolute atomic E-state index is 12.8. The Bertz CT molecular complexity index is 871. The second kappa shape index (κ2) is 5.44. The quantitative estimate of drug-likeness (QED) is 0.786. The van der Waals surface area contributed by atoms with E-state index in [1.165, 1.54) is 0 Å². The molecule has 0 aliphatic heterocycles. The SMILES string of the molecule is Cc1oc2c(c1C(=O)NC1CCCC1)C(=O)c1ccccc1C2=O. The molecule has 1 N–H and O–H groups in total. The summed E-state index contributed by atoms with van der Waals surface area (Å²) in [6.07, 6.45) is 4.08. The third kappa shape index (κ3) is 2.12. The molecule has 1 amide bonds. The van der Waals surface area contributed by atoms with Gasteiger partial charge in [0.1, 0.15) is 5.76 Å². The van der Waals surface area contributed by atoms with Gasteiger partial charge in [-0.1, -0.05) is 37.1 Å². The van der Waals surface area contributed by atoms with E-state index in [2.05, 4.69) is 5.32 Å². The fourth-order valence-electron chi connectivity index (χ4n) is 3.66. The van der Waals surface area contributed by atoms with Crippen molar-refractivity contribution in [3.63, 3.8) is 0 Å². The summed E-state index contributed by atoms with van der Waals surface area (Å²) in [5.74, 6) is -0.709. The number of carbonyl (C=O) groups is 3. The molecule has 2 aliphatic carbocycles. The van der Waals surface area contributed by atoms with Gasteiger partial charge >= 0.3 is 0 Å². The predicted octanol–water partition coefficient (Wildman–Crippen LogP) is 3.04. The average molecular weight is 323 g/mol. The highest BCUT2D eigenvalue weighted by Crippen LogP contribution is 2.33. The number of rotatable bonds is 2. The normalized spacial score (nSPS) is 16.9. The van der Waals surface area contributed by atoms with E-state index in [9.17, 15) is 14.4 Å². The van der Waals surface area contributed by atoms with E-state index in [1.54, 1.807) is 31.2 Å². The zero-order valence-corrected chi connectivity index (χ0v) is 13.3. The number of hydrogen-bond donors (Lipinski definition) is 1. The Balaban J connectivity index is 1.78. The molecule has 0 atom stereocenters. The zero-order valence-electron chi connectivity index (χ0n) is 13.3. The van der Waals surface area contributed by atoms with Crippen LogP contribution in [0, 0.1) is 6.92 Å². The molecule has 122 valence electrons. The van der Waals surface area contributed by atoms with Crippen LogP contribution in [0.15, 0.2) is 28.7 Å². The number of aryl methyl sites for hydroxylation is 1. The molecule has 1 heterocycles. The Hall–Kier alpha value is -2.69. The van der Waals surface area contributed by atoms with Crippen LogP contribution in [0.4, 0.5) is 0 Å². The van der Waals surface area contributed by atoms with Gasteiger partial charge in [0.15, 0.2) is 11.5 Å². The topological polar surface area (TPSA) is 76.4 Å². The van der Waals surface area contributed by atoms with Gasteiger partial charge in [-0.05, 0) is 19.8 Å². The molecule has 1 aromatic carbocycles. The van der Waals surface area contributed by atoms with Crippen LogP contribution in [0.2, 0.25) is 0 Å². The van der Waals surface area contributed by atoms with Gasteiger partial charge in [0.05, 0.1) is 11.1 Å². The fourth-order valence-corrected chi connectivity index (χ4v) is 3.66. The Morgan fingerprint density at radius 3 is 2.38 bits per heavy atom. The minimum Gasteiger partial charge on any atom is -0.456 e. The van der Waals surface area contributed by atoms with E-state index < -0.39 is 0 Å². The van der Waals surface area contributed by atoms with Gasteiger partial charge < -0.3 is 9.73 Å². The van der Waals surface area contributed by atoms with Crippen molar-refractivity contribution in [1.29, 1.82) is 0 Å². The molecule has 0 saturated heterocycles. The number of furan rings is 1. The highest BCUT2D eigenvalue weighted by Gasteiger charge is 2.38. The summed E-state index contributed by atoms with van der Waals surface area (Å²) in [4.78, 5) is 38.1. The monoisotopic (exact) mass is 323 g/mol. The van der Waals surface area contributed by atoms with Crippen LogP contribution in [-0.2, 0) is 0 Å². The molecule has 0 spiro atoms. The lowest BCUT2D eigenvalue weighted by atomic mass is 9.86.